The second kappa shape index (κ2) is 5.28. The lowest BCUT2D eigenvalue weighted by Crippen LogP contribution is -2.47. The Balaban J connectivity index is 2.01. The van der Waals surface area contributed by atoms with Gasteiger partial charge in [-0.05, 0) is 22.4 Å². The predicted molar refractivity (Wildman–Crippen MR) is 76.6 cm³/mol. The number of carboxylic acid groups (broad SMARTS) is 1. The highest BCUT2D eigenvalue weighted by Crippen LogP contribution is 2.33. The highest BCUT2D eigenvalue weighted by molar-refractivity contribution is 7.17. The number of hydrogen-bond donors (Lipinski definition) is 2. The zero-order valence-electron chi connectivity index (χ0n) is 10.5. The molecule has 1 aromatic carbocycles. The Morgan fingerprint density at radius 2 is 2.05 bits per heavy atom. The molecule has 19 heavy (non-hydrogen) atoms. The van der Waals surface area contributed by atoms with Gasteiger partial charge >= 0.3 is 5.97 Å². The standard InChI is InChI=1S/C14H16N2O2S/c17-14(18)13(16-7-5-15-6-8-16)11-9-19-12-4-2-1-3-10(11)12/h1-4,9,13,15H,5-8H2,(H,17,18). The van der Waals surface area contributed by atoms with Gasteiger partial charge in [0.1, 0.15) is 6.04 Å². The monoisotopic (exact) mass is 276 g/mol. The third-order valence-electron chi connectivity index (χ3n) is 3.56. The number of carboxylic acids is 1. The van der Waals surface area contributed by atoms with Gasteiger partial charge in [-0.25, -0.2) is 0 Å². The molecule has 0 spiro atoms. The third-order valence-corrected chi connectivity index (χ3v) is 4.54. The van der Waals surface area contributed by atoms with Crippen LogP contribution in [0, 0.1) is 0 Å². The minimum atomic E-state index is -0.759. The smallest absolute Gasteiger partial charge is 0.325 e. The van der Waals surface area contributed by atoms with Crippen molar-refractivity contribution >= 4 is 27.4 Å². The maximum Gasteiger partial charge on any atom is 0.325 e. The van der Waals surface area contributed by atoms with Crippen LogP contribution < -0.4 is 5.32 Å². The molecule has 0 aliphatic carbocycles. The Hall–Kier alpha value is -1.43. The number of benzene rings is 1. The molecule has 1 unspecified atom stereocenters. The number of piperazine rings is 1. The summed E-state index contributed by atoms with van der Waals surface area (Å²) in [6, 6.07) is 7.48. The number of hydrogen-bond acceptors (Lipinski definition) is 4. The lowest BCUT2D eigenvalue weighted by atomic mass is 10.0. The Morgan fingerprint density at radius 1 is 1.32 bits per heavy atom. The van der Waals surface area contributed by atoms with Crippen LogP contribution in [0.25, 0.3) is 10.1 Å². The SMILES string of the molecule is O=C(O)C(c1csc2ccccc12)N1CCNCC1. The van der Waals surface area contributed by atoms with Crippen molar-refractivity contribution in [2.75, 3.05) is 26.2 Å². The van der Waals surface area contributed by atoms with E-state index in [9.17, 15) is 9.90 Å². The molecule has 4 nitrogen and oxygen atoms in total. The normalized spacial score (nSPS) is 18.5. The zero-order chi connectivity index (χ0) is 13.2. The molecule has 5 heteroatoms. The average molecular weight is 276 g/mol. The van der Waals surface area contributed by atoms with Crippen LogP contribution in [0.3, 0.4) is 0 Å². The zero-order valence-corrected chi connectivity index (χ0v) is 11.3. The van der Waals surface area contributed by atoms with E-state index in [0.717, 1.165) is 41.8 Å². The fraction of sp³-hybridized carbons (Fsp3) is 0.357. The van der Waals surface area contributed by atoms with Crippen molar-refractivity contribution in [3.63, 3.8) is 0 Å². The highest BCUT2D eigenvalue weighted by Gasteiger charge is 2.30. The maximum atomic E-state index is 11.7. The number of rotatable bonds is 3. The van der Waals surface area contributed by atoms with Gasteiger partial charge in [-0.15, -0.1) is 11.3 Å². The first-order valence-electron chi connectivity index (χ1n) is 6.41. The number of aliphatic carboxylic acids is 1. The molecule has 3 rings (SSSR count). The van der Waals surface area contributed by atoms with Gasteiger partial charge in [0.15, 0.2) is 0 Å². The molecule has 0 saturated carbocycles. The number of nitrogens with zero attached hydrogens (tertiary/aromatic N) is 1. The number of carbonyl (C=O) groups is 1. The summed E-state index contributed by atoms with van der Waals surface area (Å²) in [5.74, 6) is -0.759. The van der Waals surface area contributed by atoms with E-state index >= 15 is 0 Å². The molecular formula is C14H16N2O2S. The van der Waals surface area contributed by atoms with Crippen molar-refractivity contribution in [3.05, 3.63) is 35.2 Å². The fourth-order valence-electron chi connectivity index (χ4n) is 2.64. The molecule has 1 saturated heterocycles. The lowest BCUT2D eigenvalue weighted by molar-refractivity contribution is -0.143. The predicted octanol–water partition coefficient (Wildman–Crippen LogP) is 1.93. The Labute approximate surface area is 115 Å². The first kappa shape index (κ1) is 12.6. The first-order valence-corrected chi connectivity index (χ1v) is 7.29. The summed E-state index contributed by atoms with van der Waals surface area (Å²) in [7, 11) is 0. The van der Waals surface area contributed by atoms with Gasteiger partial charge < -0.3 is 10.4 Å². The molecular weight excluding hydrogens is 260 g/mol. The molecule has 0 radical (unpaired) electrons. The molecule has 0 bridgehead atoms. The van der Waals surface area contributed by atoms with E-state index in [1.54, 1.807) is 11.3 Å². The fourth-order valence-corrected chi connectivity index (χ4v) is 3.62. The molecule has 2 aromatic rings. The van der Waals surface area contributed by atoms with Crippen LogP contribution in [0.4, 0.5) is 0 Å². The Morgan fingerprint density at radius 3 is 2.79 bits per heavy atom. The molecule has 1 aliphatic rings. The van der Waals surface area contributed by atoms with Crippen LogP contribution in [0.1, 0.15) is 11.6 Å². The van der Waals surface area contributed by atoms with Crippen LogP contribution in [-0.2, 0) is 4.79 Å². The Bertz CT molecular complexity index is 590. The molecule has 100 valence electrons. The van der Waals surface area contributed by atoms with Gasteiger partial charge in [-0.1, -0.05) is 18.2 Å². The van der Waals surface area contributed by atoms with Crippen LogP contribution in [0.15, 0.2) is 29.6 Å². The van der Waals surface area contributed by atoms with E-state index in [1.165, 1.54) is 0 Å². The van der Waals surface area contributed by atoms with Crippen LogP contribution in [0.2, 0.25) is 0 Å². The van der Waals surface area contributed by atoms with Gasteiger partial charge in [0.25, 0.3) is 0 Å². The first-order chi connectivity index (χ1) is 9.27. The maximum absolute atomic E-state index is 11.7. The van der Waals surface area contributed by atoms with E-state index in [-0.39, 0.29) is 0 Å². The van der Waals surface area contributed by atoms with Crippen molar-refractivity contribution in [3.8, 4) is 0 Å². The van der Waals surface area contributed by atoms with Crippen LogP contribution >= 0.6 is 11.3 Å². The third kappa shape index (κ3) is 2.36. The van der Waals surface area contributed by atoms with Gasteiger partial charge in [0.2, 0.25) is 0 Å². The minimum Gasteiger partial charge on any atom is -0.480 e. The van der Waals surface area contributed by atoms with Crippen molar-refractivity contribution in [1.29, 1.82) is 0 Å². The summed E-state index contributed by atoms with van der Waals surface area (Å²) in [5.41, 5.74) is 0.926. The van der Waals surface area contributed by atoms with Gasteiger partial charge in [-0.2, -0.15) is 0 Å². The van der Waals surface area contributed by atoms with Crippen molar-refractivity contribution in [1.82, 2.24) is 10.2 Å². The van der Waals surface area contributed by atoms with Crippen molar-refractivity contribution < 1.29 is 9.90 Å². The highest BCUT2D eigenvalue weighted by atomic mass is 32.1. The largest absolute Gasteiger partial charge is 0.480 e. The summed E-state index contributed by atoms with van der Waals surface area (Å²) >= 11 is 1.62. The summed E-state index contributed by atoms with van der Waals surface area (Å²) in [6.07, 6.45) is 0. The summed E-state index contributed by atoms with van der Waals surface area (Å²) in [4.78, 5) is 13.7. The van der Waals surface area contributed by atoms with Gasteiger partial charge in [-0.3, -0.25) is 9.69 Å². The number of nitrogens with one attached hydrogen (secondary N) is 1. The summed E-state index contributed by atoms with van der Waals surface area (Å²) in [5, 5.41) is 15.9. The van der Waals surface area contributed by atoms with E-state index in [1.807, 2.05) is 34.5 Å². The Kier molecular flexibility index (Phi) is 3.50. The van der Waals surface area contributed by atoms with E-state index < -0.39 is 12.0 Å². The molecule has 2 heterocycles. The topological polar surface area (TPSA) is 52.6 Å². The quantitative estimate of drug-likeness (QED) is 0.899. The van der Waals surface area contributed by atoms with E-state index in [2.05, 4.69) is 5.32 Å². The molecule has 0 amide bonds. The molecule has 1 atom stereocenters. The second-order valence-electron chi connectivity index (χ2n) is 4.71. The molecule has 2 N–H and O–H groups in total. The molecule has 1 aromatic heterocycles. The minimum absolute atomic E-state index is 0.529. The van der Waals surface area contributed by atoms with Crippen molar-refractivity contribution in [2.24, 2.45) is 0 Å². The number of thiophene rings is 1. The van der Waals surface area contributed by atoms with Gasteiger partial charge in [0.05, 0.1) is 0 Å². The van der Waals surface area contributed by atoms with Crippen LogP contribution in [-0.4, -0.2) is 42.2 Å². The summed E-state index contributed by atoms with van der Waals surface area (Å²) < 4.78 is 1.15. The summed E-state index contributed by atoms with van der Waals surface area (Å²) in [6.45, 7) is 3.26. The number of fused-ring (bicyclic) bond motifs is 1. The van der Waals surface area contributed by atoms with Crippen molar-refractivity contribution in [2.45, 2.75) is 6.04 Å². The van der Waals surface area contributed by atoms with Crippen LogP contribution in [0.5, 0.6) is 0 Å². The average Bonchev–Trinajstić information content (AvgIpc) is 2.84. The van der Waals surface area contributed by atoms with Gasteiger partial charge in [0, 0.05) is 30.9 Å². The lowest BCUT2D eigenvalue weighted by Gasteiger charge is -2.32. The molecule has 1 aliphatic heterocycles. The van der Waals surface area contributed by atoms with E-state index in [4.69, 9.17) is 0 Å². The second-order valence-corrected chi connectivity index (χ2v) is 5.63. The molecule has 1 fully saturated rings. The van der Waals surface area contributed by atoms with E-state index in [0.29, 0.717) is 0 Å².